The molecular formula is C17H25ClN2O4. The average Bonchev–Trinajstić information content (AvgIpc) is 2.97. The number of carbonyl (C=O) groups is 2. The Labute approximate surface area is 148 Å². The van der Waals surface area contributed by atoms with Gasteiger partial charge in [0.25, 0.3) is 0 Å². The number of nitrogens with two attached hydrogens (primary N) is 1. The standard InChI is InChI=1S/C17H24N2O4.ClH/c1-12(20)13-5-6-15(16(10-13)22-2)23-9-3-4-17(21)19-8-7-14(18)11-19;/h5-6,10,14H,3-4,7-9,11,18H2,1-2H3;1H/t14-;/m1./s1. The predicted octanol–water partition coefficient (Wildman–Crippen LogP) is 2.04. The van der Waals surface area contributed by atoms with Crippen LogP contribution >= 0.6 is 12.4 Å². The molecule has 2 N–H and O–H groups in total. The van der Waals surface area contributed by atoms with E-state index >= 15 is 0 Å². The minimum atomic E-state index is -0.0238. The van der Waals surface area contributed by atoms with Crippen molar-refractivity contribution in [1.82, 2.24) is 4.90 Å². The van der Waals surface area contributed by atoms with E-state index in [0.717, 1.165) is 13.0 Å². The van der Waals surface area contributed by atoms with Crippen LogP contribution in [0.5, 0.6) is 11.5 Å². The highest BCUT2D eigenvalue weighted by Gasteiger charge is 2.22. The van der Waals surface area contributed by atoms with Gasteiger partial charge in [0.2, 0.25) is 5.91 Å². The number of halogens is 1. The Morgan fingerprint density at radius 3 is 2.67 bits per heavy atom. The van der Waals surface area contributed by atoms with Crippen molar-refractivity contribution in [2.24, 2.45) is 5.73 Å². The molecular weight excluding hydrogens is 332 g/mol. The van der Waals surface area contributed by atoms with E-state index in [9.17, 15) is 9.59 Å². The number of ketones is 1. The molecule has 1 atom stereocenters. The second-order valence-corrected chi connectivity index (χ2v) is 5.76. The van der Waals surface area contributed by atoms with Crippen LogP contribution in [0.25, 0.3) is 0 Å². The number of hydrogen-bond donors (Lipinski definition) is 1. The van der Waals surface area contributed by atoms with E-state index in [1.807, 2.05) is 4.90 Å². The van der Waals surface area contributed by atoms with Crippen LogP contribution in [0.2, 0.25) is 0 Å². The molecule has 0 saturated carbocycles. The molecule has 1 saturated heterocycles. The van der Waals surface area contributed by atoms with Gasteiger partial charge in [-0.15, -0.1) is 12.4 Å². The van der Waals surface area contributed by atoms with Gasteiger partial charge in [-0.05, 0) is 38.0 Å². The maximum absolute atomic E-state index is 12.0. The number of Topliss-reactive ketones (excluding diaryl/α,β-unsaturated/α-hetero) is 1. The fourth-order valence-corrected chi connectivity index (χ4v) is 2.58. The van der Waals surface area contributed by atoms with Gasteiger partial charge < -0.3 is 20.1 Å². The number of hydrogen-bond acceptors (Lipinski definition) is 5. The van der Waals surface area contributed by atoms with E-state index in [-0.39, 0.29) is 30.1 Å². The molecule has 1 fully saturated rings. The largest absolute Gasteiger partial charge is 0.493 e. The zero-order valence-electron chi connectivity index (χ0n) is 14.1. The van der Waals surface area contributed by atoms with Crippen molar-refractivity contribution in [3.8, 4) is 11.5 Å². The first-order chi connectivity index (χ1) is 11.0. The highest BCUT2D eigenvalue weighted by atomic mass is 35.5. The number of amides is 1. The zero-order valence-corrected chi connectivity index (χ0v) is 14.9. The number of carbonyl (C=O) groups excluding carboxylic acids is 2. The van der Waals surface area contributed by atoms with Crippen LogP contribution in [0, 0.1) is 0 Å². The minimum absolute atomic E-state index is 0. The third-order valence-electron chi connectivity index (χ3n) is 3.94. The molecule has 1 amide bonds. The van der Waals surface area contributed by atoms with Crippen molar-refractivity contribution in [2.75, 3.05) is 26.8 Å². The zero-order chi connectivity index (χ0) is 16.8. The van der Waals surface area contributed by atoms with Crippen LogP contribution in [-0.2, 0) is 4.79 Å². The summed E-state index contributed by atoms with van der Waals surface area (Å²) in [6, 6.07) is 5.20. The summed E-state index contributed by atoms with van der Waals surface area (Å²) in [5.74, 6) is 1.20. The predicted molar refractivity (Wildman–Crippen MR) is 94.1 cm³/mol. The lowest BCUT2D eigenvalue weighted by atomic mass is 10.1. The third-order valence-corrected chi connectivity index (χ3v) is 3.94. The normalized spacial score (nSPS) is 16.5. The molecule has 0 bridgehead atoms. The molecule has 24 heavy (non-hydrogen) atoms. The highest BCUT2D eigenvalue weighted by molar-refractivity contribution is 5.94. The van der Waals surface area contributed by atoms with Crippen LogP contribution in [0.1, 0.15) is 36.5 Å². The second-order valence-electron chi connectivity index (χ2n) is 5.76. The van der Waals surface area contributed by atoms with Gasteiger partial charge in [-0.3, -0.25) is 9.59 Å². The summed E-state index contributed by atoms with van der Waals surface area (Å²) < 4.78 is 10.9. The van der Waals surface area contributed by atoms with E-state index in [4.69, 9.17) is 15.2 Å². The second kappa shape index (κ2) is 9.49. The molecule has 0 aromatic heterocycles. The monoisotopic (exact) mass is 356 g/mol. The quantitative estimate of drug-likeness (QED) is 0.597. The van der Waals surface area contributed by atoms with Gasteiger partial charge in [-0.1, -0.05) is 0 Å². The van der Waals surface area contributed by atoms with Crippen molar-refractivity contribution >= 4 is 24.1 Å². The number of likely N-dealkylation sites (tertiary alicyclic amines) is 1. The summed E-state index contributed by atoms with van der Waals surface area (Å²) in [6.07, 6.45) is 1.95. The maximum Gasteiger partial charge on any atom is 0.222 e. The van der Waals surface area contributed by atoms with Crippen LogP contribution in [-0.4, -0.2) is 49.4 Å². The Balaban J connectivity index is 0.00000288. The molecule has 134 valence electrons. The fraction of sp³-hybridized carbons (Fsp3) is 0.529. The lowest BCUT2D eigenvalue weighted by Crippen LogP contribution is -2.31. The number of ether oxygens (including phenoxy) is 2. The lowest BCUT2D eigenvalue weighted by molar-refractivity contribution is -0.130. The van der Waals surface area contributed by atoms with Crippen molar-refractivity contribution in [3.05, 3.63) is 23.8 Å². The van der Waals surface area contributed by atoms with E-state index in [0.29, 0.717) is 43.1 Å². The molecule has 1 aromatic carbocycles. The highest BCUT2D eigenvalue weighted by Crippen LogP contribution is 2.28. The van der Waals surface area contributed by atoms with Gasteiger partial charge in [0.05, 0.1) is 13.7 Å². The fourth-order valence-electron chi connectivity index (χ4n) is 2.58. The third kappa shape index (κ3) is 5.39. The van der Waals surface area contributed by atoms with E-state index in [1.54, 1.807) is 18.2 Å². The van der Waals surface area contributed by atoms with Crippen molar-refractivity contribution in [2.45, 2.75) is 32.2 Å². The first kappa shape index (κ1) is 20.3. The van der Waals surface area contributed by atoms with Gasteiger partial charge in [-0.25, -0.2) is 0 Å². The summed E-state index contributed by atoms with van der Waals surface area (Å²) >= 11 is 0. The van der Waals surface area contributed by atoms with Crippen LogP contribution < -0.4 is 15.2 Å². The van der Waals surface area contributed by atoms with E-state index in [1.165, 1.54) is 14.0 Å². The SMILES string of the molecule is COc1cc(C(C)=O)ccc1OCCCC(=O)N1CC[C@@H](N)C1.Cl. The van der Waals surface area contributed by atoms with E-state index < -0.39 is 0 Å². The summed E-state index contributed by atoms with van der Waals surface area (Å²) in [5.41, 5.74) is 6.38. The number of methoxy groups -OCH3 is 1. The molecule has 1 aliphatic heterocycles. The van der Waals surface area contributed by atoms with Gasteiger partial charge in [0.15, 0.2) is 17.3 Å². The Morgan fingerprint density at radius 1 is 1.33 bits per heavy atom. The van der Waals surface area contributed by atoms with Crippen molar-refractivity contribution in [1.29, 1.82) is 0 Å². The smallest absolute Gasteiger partial charge is 0.222 e. The maximum atomic E-state index is 12.0. The Morgan fingerprint density at radius 2 is 2.08 bits per heavy atom. The van der Waals surface area contributed by atoms with Gasteiger partial charge >= 0.3 is 0 Å². The van der Waals surface area contributed by atoms with Crippen molar-refractivity contribution in [3.63, 3.8) is 0 Å². The molecule has 0 radical (unpaired) electrons. The molecule has 6 nitrogen and oxygen atoms in total. The lowest BCUT2D eigenvalue weighted by Gasteiger charge is -2.16. The Bertz CT molecular complexity index is 580. The topological polar surface area (TPSA) is 81.9 Å². The first-order valence-corrected chi connectivity index (χ1v) is 7.86. The van der Waals surface area contributed by atoms with Crippen LogP contribution in [0.15, 0.2) is 18.2 Å². The summed E-state index contributed by atoms with van der Waals surface area (Å²) in [7, 11) is 1.53. The molecule has 1 aliphatic rings. The van der Waals surface area contributed by atoms with Gasteiger partial charge in [-0.2, -0.15) is 0 Å². The van der Waals surface area contributed by atoms with Gasteiger partial charge in [0, 0.05) is 31.1 Å². The number of rotatable bonds is 7. The minimum Gasteiger partial charge on any atom is -0.493 e. The van der Waals surface area contributed by atoms with Crippen molar-refractivity contribution < 1.29 is 19.1 Å². The summed E-state index contributed by atoms with van der Waals surface area (Å²) in [5, 5.41) is 0. The Hall–Kier alpha value is -1.79. The Kier molecular flexibility index (Phi) is 8.01. The molecule has 1 heterocycles. The number of benzene rings is 1. The molecule has 2 rings (SSSR count). The molecule has 0 unspecified atom stereocenters. The van der Waals surface area contributed by atoms with Crippen LogP contribution in [0.4, 0.5) is 0 Å². The van der Waals surface area contributed by atoms with E-state index in [2.05, 4.69) is 0 Å². The van der Waals surface area contributed by atoms with Crippen LogP contribution in [0.3, 0.4) is 0 Å². The molecule has 0 spiro atoms. The molecule has 1 aromatic rings. The average molecular weight is 357 g/mol. The molecule has 7 heteroatoms. The molecule has 0 aliphatic carbocycles. The van der Waals surface area contributed by atoms with Gasteiger partial charge in [0.1, 0.15) is 0 Å². The summed E-state index contributed by atoms with van der Waals surface area (Å²) in [6.45, 7) is 3.33. The number of nitrogens with zero attached hydrogens (tertiary/aromatic N) is 1. The first-order valence-electron chi connectivity index (χ1n) is 7.86. The summed E-state index contributed by atoms with van der Waals surface area (Å²) in [4.78, 5) is 25.2.